The summed E-state index contributed by atoms with van der Waals surface area (Å²) in [7, 11) is -2.05. The fourth-order valence-electron chi connectivity index (χ4n) is 3.29. The first-order chi connectivity index (χ1) is 14.4. The Labute approximate surface area is 178 Å². The molecule has 158 valence electrons. The number of methoxy groups -OCH3 is 1. The van der Waals surface area contributed by atoms with Gasteiger partial charge in [0.2, 0.25) is 5.75 Å². The molecule has 0 bridgehead atoms. The molecule has 0 saturated carbocycles. The lowest BCUT2D eigenvalue weighted by molar-refractivity contribution is -0.0294. The Morgan fingerprint density at radius 3 is 3.07 bits per heavy atom. The number of nitrogens with zero attached hydrogens (tertiary/aromatic N) is 1. The van der Waals surface area contributed by atoms with E-state index in [1.54, 1.807) is 10.6 Å². The van der Waals surface area contributed by atoms with Crippen LogP contribution in [0.3, 0.4) is 0 Å². The summed E-state index contributed by atoms with van der Waals surface area (Å²) >= 11 is 5.21. The second kappa shape index (κ2) is 8.47. The minimum Gasteiger partial charge on any atom is -0.493 e. The van der Waals surface area contributed by atoms with Crippen molar-refractivity contribution in [3.05, 3.63) is 50.6 Å². The third kappa shape index (κ3) is 4.14. The number of nitrogens with one attached hydrogen (secondary N) is 1. The number of hydrogen-bond acceptors (Lipinski definition) is 8. The third-order valence-corrected chi connectivity index (χ3v) is 6.47. The molecule has 30 heavy (non-hydrogen) atoms. The van der Waals surface area contributed by atoms with E-state index in [2.05, 4.69) is 10.9 Å². The van der Waals surface area contributed by atoms with Gasteiger partial charge in [0.05, 0.1) is 13.2 Å². The second-order valence-electron chi connectivity index (χ2n) is 6.72. The highest BCUT2D eigenvalue weighted by atomic mass is 32.1. The number of rotatable bonds is 5. The van der Waals surface area contributed by atoms with Crippen LogP contribution in [0, 0.1) is 17.1 Å². The maximum atomic E-state index is 11.7. The fourth-order valence-corrected chi connectivity index (χ4v) is 4.83. The summed E-state index contributed by atoms with van der Waals surface area (Å²) < 4.78 is 29.8. The van der Waals surface area contributed by atoms with Gasteiger partial charge >= 0.3 is 8.17 Å². The number of hydrogen-bond donors (Lipinski definition) is 2. The average molecular weight is 451 g/mol. The van der Waals surface area contributed by atoms with E-state index in [1.165, 1.54) is 13.3 Å². The van der Waals surface area contributed by atoms with Gasteiger partial charge in [-0.05, 0) is 31.1 Å². The molecule has 4 rings (SSSR count). The zero-order valence-corrected chi connectivity index (χ0v) is 17.8. The lowest BCUT2D eigenvalue weighted by Crippen LogP contribution is -2.23. The van der Waals surface area contributed by atoms with Crippen LogP contribution in [0.25, 0.3) is 0 Å². The quantitative estimate of drug-likeness (QED) is 0.406. The molecule has 1 aromatic carbocycles. The highest BCUT2D eigenvalue weighted by molar-refractivity contribution is 7.71. The molecule has 0 spiro atoms. The monoisotopic (exact) mass is 451 g/mol. The molecular weight excluding hydrogens is 431 g/mol. The molecule has 3 heterocycles. The molecule has 11 heteroatoms. The second-order valence-corrected chi connectivity index (χ2v) is 8.74. The maximum Gasteiger partial charge on any atom is 0.619 e. The Balaban J connectivity index is 1.41. The van der Waals surface area contributed by atoms with Gasteiger partial charge in [-0.2, -0.15) is 4.89 Å². The van der Waals surface area contributed by atoms with Gasteiger partial charge in [-0.15, -0.1) is 15.5 Å². The van der Waals surface area contributed by atoms with Crippen LogP contribution in [-0.4, -0.2) is 34.3 Å². The van der Waals surface area contributed by atoms with Gasteiger partial charge < -0.3 is 9.47 Å². The van der Waals surface area contributed by atoms with Gasteiger partial charge in [0.15, 0.2) is 10.5 Å². The van der Waals surface area contributed by atoms with Gasteiger partial charge in [0.1, 0.15) is 25.0 Å². The van der Waals surface area contributed by atoms with E-state index in [0.717, 1.165) is 5.56 Å². The van der Waals surface area contributed by atoms with Crippen LogP contribution in [0.1, 0.15) is 30.2 Å². The van der Waals surface area contributed by atoms with Crippen molar-refractivity contribution >= 4 is 20.4 Å². The molecule has 0 radical (unpaired) electrons. The molecular formula is C19H20N2O7PS+. The maximum absolute atomic E-state index is 11.7. The molecule has 2 aliphatic rings. The minimum atomic E-state index is -3.57. The van der Waals surface area contributed by atoms with Gasteiger partial charge in [-0.1, -0.05) is 18.1 Å². The standard InChI is InChI=1S/C19H19N2O7PS/c1-3-12-9-21(19(30)20-18(12)22)16-8-7-14(27-16)11-26-29(23)25-10-13-5-4-6-15(24-2)17(13)28-29/h1,4-6,9,14,16,23H,7-8,10-11H2,2H3/p+1. The number of terminal acetylenes is 1. The van der Waals surface area contributed by atoms with E-state index >= 15 is 0 Å². The van der Waals surface area contributed by atoms with E-state index in [9.17, 15) is 9.69 Å². The zero-order chi connectivity index (χ0) is 21.3. The predicted octanol–water partition coefficient (Wildman–Crippen LogP) is 2.87. The minimum absolute atomic E-state index is 0.0595. The number of benzene rings is 1. The topological polar surface area (TPSA) is 104 Å². The lowest BCUT2D eigenvalue weighted by Gasteiger charge is -2.23. The normalized spacial score (nSPS) is 25.2. The summed E-state index contributed by atoms with van der Waals surface area (Å²) in [5, 5.41) is 0. The van der Waals surface area contributed by atoms with Crippen molar-refractivity contribution in [3.8, 4) is 23.8 Å². The van der Waals surface area contributed by atoms with Crippen molar-refractivity contribution in [1.29, 1.82) is 0 Å². The molecule has 9 nitrogen and oxygen atoms in total. The van der Waals surface area contributed by atoms with Crippen LogP contribution >= 0.6 is 20.4 Å². The van der Waals surface area contributed by atoms with Gasteiger partial charge in [0.25, 0.3) is 5.56 Å². The lowest BCUT2D eigenvalue weighted by atomic mass is 10.2. The van der Waals surface area contributed by atoms with Crippen LogP contribution in [0.15, 0.2) is 29.2 Å². The van der Waals surface area contributed by atoms with Gasteiger partial charge in [-0.3, -0.25) is 18.9 Å². The largest absolute Gasteiger partial charge is 0.619 e. The first-order valence-corrected chi connectivity index (χ1v) is 11.1. The summed E-state index contributed by atoms with van der Waals surface area (Å²) in [6, 6.07) is 5.37. The van der Waals surface area contributed by atoms with Crippen LogP contribution in [0.2, 0.25) is 0 Å². The molecule has 3 unspecified atom stereocenters. The number of aromatic nitrogens is 2. The zero-order valence-electron chi connectivity index (χ0n) is 16.1. The number of H-pyrrole nitrogens is 1. The Morgan fingerprint density at radius 2 is 2.30 bits per heavy atom. The predicted molar refractivity (Wildman–Crippen MR) is 110 cm³/mol. The summed E-state index contributed by atoms with van der Waals surface area (Å²) in [6.45, 7) is 0.205. The van der Waals surface area contributed by atoms with Crippen molar-refractivity contribution in [2.75, 3.05) is 13.7 Å². The third-order valence-electron chi connectivity index (χ3n) is 4.81. The number of para-hydroxylation sites is 1. The average Bonchev–Trinajstić information content (AvgIpc) is 3.21. The molecule has 0 aliphatic carbocycles. The van der Waals surface area contributed by atoms with Crippen LogP contribution < -0.4 is 14.8 Å². The van der Waals surface area contributed by atoms with E-state index < -0.39 is 20.0 Å². The summed E-state index contributed by atoms with van der Waals surface area (Å²) in [5.41, 5.74) is 0.520. The first-order valence-electron chi connectivity index (χ1n) is 9.16. The Bertz CT molecular complexity index is 1100. The van der Waals surface area contributed by atoms with Crippen LogP contribution in [-0.2, 0) is 20.4 Å². The van der Waals surface area contributed by atoms with Gasteiger partial charge in [-0.25, -0.2) is 0 Å². The van der Waals surface area contributed by atoms with E-state index in [-0.39, 0.29) is 29.7 Å². The number of fused-ring (bicyclic) bond motifs is 1. The summed E-state index contributed by atoms with van der Waals surface area (Å²) in [6.07, 6.45) is 7.41. The SMILES string of the molecule is C#Cc1cn(C2CCC(CO[P+]3(O)OCc4cccc(OC)c4O3)O2)c(=S)[nH]c1=O. The highest BCUT2D eigenvalue weighted by Gasteiger charge is 2.52. The van der Waals surface area contributed by atoms with Crippen molar-refractivity contribution in [1.82, 2.24) is 9.55 Å². The van der Waals surface area contributed by atoms with Gasteiger partial charge in [0, 0.05) is 11.8 Å². The molecule has 3 atom stereocenters. The summed E-state index contributed by atoms with van der Waals surface area (Å²) in [5.74, 6) is 3.23. The van der Waals surface area contributed by atoms with E-state index in [0.29, 0.717) is 24.3 Å². The smallest absolute Gasteiger partial charge is 0.493 e. The first kappa shape index (κ1) is 21.0. The highest BCUT2D eigenvalue weighted by Crippen LogP contribution is 2.63. The molecule has 1 aromatic heterocycles. The van der Waals surface area contributed by atoms with Crippen molar-refractivity contribution in [3.63, 3.8) is 0 Å². The molecule has 1 saturated heterocycles. The Hall–Kier alpha value is -2.25. The van der Waals surface area contributed by atoms with Crippen LogP contribution in [0.4, 0.5) is 0 Å². The van der Waals surface area contributed by atoms with Crippen molar-refractivity contribution < 1.29 is 27.9 Å². The van der Waals surface area contributed by atoms with E-state index in [1.807, 2.05) is 12.1 Å². The Morgan fingerprint density at radius 1 is 1.47 bits per heavy atom. The summed E-state index contributed by atoms with van der Waals surface area (Å²) in [4.78, 5) is 25.0. The molecule has 2 aromatic rings. The van der Waals surface area contributed by atoms with E-state index in [4.69, 9.17) is 41.7 Å². The van der Waals surface area contributed by atoms with Crippen LogP contribution in [0.5, 0.6) is 11.5 Å². The fraction of sp³-hybridized carbons (Fsp3) is 0.368. The van der Waals surface area contributed by atoms with Crippen molar-refractivity contribution in [2.24, 2.45) is 0 Å². The number of ether oxygens (including phenoxy) is 2. The van der Waals surface area contributed by atoms with Crippen molar-refractivity contribution in [2.45, 2.75) is 31.8 Å². The molecule has 2 aliphatic heterocycles. The molecule has 0 amide bonds. The molecule has 1 fully saturated rings. The molecule has 2 N–H and O–H groups in total. The number of aromatic amines is 1. The Kier molecular flexibility index (Phi) is 5.93.